The van der Waals surface area contributed by atoms with Crippen LogP contribution in [0.5, 0.6) is 0 Å². The van der Waals surface area contributed by atoms with Gasteiger partial charge in [-0.2, -0.15) is 0 Å². The molecule has 1 atom stereocenters. The van der Waals surface area contributed by atoms with Crippen LogP contribution in [0.3, 0.4) is 0 Å². The molecule has 22 heavy (non-hydrogen) atoms. The Hall–Kier alpha value is -2.20. The fourth-order valence-electron chi connectivity index (χ4n) is 2.98. The Morgan fingerprint density at radius 3 is 3.09 bits per heavy atom. The van der Waals surface area contributed by atoms with E-state index in [0.717, 1.165) is 5.70 Å². The number of β-amino-alcohol motifs (C(OH)–C–C–N with tert-alkyl or cyclic N) is 1. The maximum atomic E-state index is 9.23. The Labute approximate surface area is 127 Å². The number of nitrogens with two attached hydrogens (primary N) is 1. The molecule has 9 heteroatoms. The molecule has 1 unspecified atom stereocenters. The Bertz CT molecular complexity index is 666. The van der Waals surface area contributed by atoms with Gasteiger partial charge in [0.05, 0.1) is 19.5 Å². The fraction of sp³-hybridized carbons (Fsp3) is 0.385. The lowest BCUT2D eigenvalue weighted by Gasteiger charge is -2.29. The third-order valence-corrected chi connectivity index (χ3v) is 3.90. The molecule has 0 saturated carbocycles. The lowest BCUT2D eigenvalue weighted by Crippen LogP contribution is -2.43. The maximum absolute atomic E-state index is 9.23. The van der Waals surface area contributed by atoms with Gasteiger partial charge in [-0.05, 0) is 12.1 Å². The van der Waals surface area contributed by atoms with Crippen LogP contribution in [0.2, 0.25) is 0 Å². The van der Waals surface area contributed by atoms with Crippen molar-refractivity contribution in [2.45, 2.75) is 6.29 Å². The average Bonchev–Trinajstić information content (AvgIpc) is 3.19. The highest BCUT2D eigenvalue weighted by molar-refractivity contribution is 6.12. The third-order valence-electron chi connectivity index (χ3n) is 3.90. The zero-order valence-electron chi connectivity index (χ0n) is 12.1. The van der Waals surface area contributed by atoms with Gasteiger partial charge in [-0.15, -0.1) is 0 Å². The van der Waals surface area contributed by atoms with Gasteiger partial charge < -0.3 is 9.52 Å². The topological polar surface area (TPSA) is 97.1 Å². The second-order valence-corrected chi connectivity index (χ2v) is 5.31. The number of nitrogens with zero attached hydrogens (tertiary/aromatic N) is 6. The van der Waals surface area contributed by atoms with Gasteiger partial charge in [0.15, 0.2) is 17.9 Å². The van der Waals surface area contributed by atoms with Gasteiger partial charge >= 0.3 is 0 Å². The van der Waals surface area contributed by atoms with E-state index >= 15 is 0 Å². The van der Waals surface area contributed by atoms with Crippen molar-refractivity contribution in [1.82, 2.24) is 19.9 Å². The highest BCUT2D eigenvalue weighted by Crippen LogP contribution is 2.37. The molecule has 4 rings (SSSR count). The third kappa shape index (κ3) is 1.80. The standard InChI is InChI=1S/C13H17N7O2/c1-17-8-18(4-5-21)13-16-12-11(20(13)17)10(15-7-19(12)14)9-3-2-6-22-9/h2-3,6-7,13,21H,4-5,8,14H2,1H3. The summed E-state index contributed by atoms with van der Waals surface area (Å²) in [5.41, 5.74) is 1.51. The molecule has 1 aromatic rings. The predicted molar refractivity (Wildman–Crippen MR) is 79.6 cm³/mol. The molecule has 9 nitrogen and oxygen atoms in total. The summed E-state index contributed by atoms with van der Waals surface area (Å²) in [5, 5.41) is 14.7. The highest BCUT2D eigenvalue weighted by Gasteiger charge is 2.47. The molecule has 4 heterocycles. The summed E-state index contributed by atoms with van der Waals surface area (Å²) < 4.78 is 5.49. The van der Waals surface area contributed by atoms with Crippen molar-refractivity contribution in [3.8, 4) is 0 Å². The first-order valence-corrected chi connectivity index (χ1v) is 7.00. The van der Waals surface area contributed by atoms with E-state index in [1.54, 1.807) is 6.26 Å². The molecule has 1 aromatic heterocycles. The summed E-state index contributed by atoms with van der Waals surface area (Å²) in [6.45, 7) is 1.29. The minimum Gasteiger partial charge on any atom is -0.463 e. The van der Waals surface area contributed by atoms with Gasteiger partial charge in [0.25, 0.3) is 0 Å². The zero-order valence-corrected chi connectivity index (χ0v) is 12.1. The van der Waals surface area contributed by atoms with Crippen LogP contribution in [0.15, 0.2) is 38.5 Å². The summed E-state index contributed by atoms with van der Waals surface area (Å²) in [6, 6.07) is 3.68. The second kappa shape index (κ2) is 4.92. The van der Waals surface area contributed by atoms with Gasteiger partial charge in [-0.25, -0.2) is 30.7 Å². The molecule has 3 N–H and O–H groups in total. The summed E-state index contributed by atoms with van der Waals surface area (Å²) >= 11 is 0. The average molecular weight is 303 g/mol. The number of fused-ring (bicyclic) bond motifs is 3. The molecule has 0 amide bonds. The number of amidine groups is 1. The highest BCUT2D eigenvalue weighted by atomic mass is 16.3. The molecule has 0 spiro atoms. The second-order valence-electron chi connectivity index (χ2n) is 5.31. The molecule has 1 fully saturated rings. The molecule has 0 radical (unpaired) electrons. The van der Waals surface area contributed by atoms with Crippen molar-refractivity contribution < 1.29 is 9.52 Å². The van der Waals surface area contributed by atoms with Crippen LogP contribution in [0.25, 0.3) is 5.70 Å². The van der Waals surface area contributed by atoms with Crippen LogP contribution in [-0.2, 0) is 0 Å². The first-order chi connectivity index (χ1) is 10.7. The first-order valence-electron chi connectivity index (χ1n) is 7.00. The summed E-state index contributed by atoms with van der Waals surface area (Å²) in [7, 11) is 1.97. The molecule has 3 aliphatic heterocycles. The largest absolute Gasteiger partial charge is 0.463 e. The van der Waals surface area contributed by atoms with E-state index in [0.29, 0.717) is 30.5 Å². The van der Waals surface area contributed by atoms with E-state index in [-0.39, 0.29) is 12.9 Å². The monoisotopic (exact) mass is 303 g/mol. The fourth-order valence-corrected chi connectivity index (χ4v) is 2.98. The van der Waals surface area contributed by atoms with Crippen molar-refractivity contribution in [2.75, 3.05) is 26.9 Å². The van der Waals surface area contributed by atoms with E-state index in [2.05, 4.69) is 14.9 Å². The van der Waals surface area contributed by atoms with E-state index < -0.39 is 0 Å². The predicted octanol–water partition coefficient (Wildman–Crippen LogP) is -0.724. The van der Waals surface area contributed by atoms with Crippen LogP contribution in [-0.4, -0.2) is 70.4 Å². The van der Waals surface area contributed by atoms with E-state index in [1.807, 2.05) is 29.2 Å². The van der Waals surface area contributed by atoms with Gasteiger partial charge in [0.2, 0.25) is 0 Å². The molecule has 0 aliphatic carbocycles. The molecule has 3 aliphatic rings. The zero-order chi connectivity index (χ0) is 15.3. The molecule has 0 aromatic carbocycles. The minimum absolute atomic E-state index is 0.0793. The number of rotatable bonds is 3. The SMILES string of the molecule is CN1CN(CCO)C2N=C3C(=C(c4ccco4)N=CN3N)N21. The Kier molecular flexibility index (Phi) is 3.01. The Morgan fingerprint density at radius 1 is 1.50 bits per heavy atom. The van der Waals surface area contributed by atoms with Crippen LogP contribution >= 0.6 is 0 Å². The van der Waals surface area contributed by atoms with Gasteiger partial charge in [0.1, 0.15) is 17.7 Å². The quantitative estimate of drug-likeness (QED) is 0.711. The normalized spacial score (nSPS) is 25.0. The van der Waals surface area contributed by atoms with Crippen molar-refractivity contribution in [3.05, 3.63) is 29.9 Å². The van der Waals surface area contributed by atoms with Crippen LogP contribution in [0.1, 0.15) is 5.76 Å². The number of aliphatic hydroxyl groups excluding tert-OH is 1. The van der Waals surface area contributed by atoms with E-state index in [1.165, 1.54) is 11.3 Å². The Balaban J connectivity index is 1.82. The number of aliphatic imine (C=N–C) groups is 2. The Morgan fingerprint density at radius 2 is 2.36 bits per heavy atom. The number of hydrogen-bond acceptors (Lipinski definition) is 9. The van der Waals surface area contributed by atoms with Crippen LogP contribution < -0.4 is 5.84 Å². The number of hydrazine groups is 2. The molecular weight excluding hydrogens is 286 g/mol. The number of furan rings is 1. The number of aliphatic hydroxyl groups is 1. The van der Waals surface area contributed by atoms with Crippen molar-refractivity contribution >= 4 is 17.9 Å². The van der Waals surface area contributed by atoms with Crippen LogP contribution in [0, 0.1) is 0 Å². The lowest BCUT2D eigenvalue weighted by atomic mass is 10.2. The maximum Gasteiger partial charge on any atom is 0.196 e. The van der Waals surface area contributed by atoms with E-state index in [9.17, 15) is 5.11 Å². The summed E-state index contributed by atoms with van der Waals surface area (Å²) in [6.07, 6.45) is 2.92. The molecular formula is C13H17N7O2. The summed E-state index contributed by atoms with van der Waals surface area (Å²) in [4.78, 5) is 11.2. The smallest absolute Gasteiger partial charge is 0.196 e. The van der Waals surface area contributed by atoms with Crippen LogP contribution in [0.4, 0.5) is 0 Å². The van der Waals surface area contributed by atoms with Gasteiger partial charge in [-0.1, -0.05) is 0 Å². The van der Waals surface area contributed by atoms with Gasteiger partial charge in [-0.3, -0.25) is 5.01 Å². The minimum atomic E-state index is -0.222. The van der Waals surface area contributed by atoms with Crippen molar-refractivity contribution in [1.29, 1.82) is 0 Å². The molecule has 116 valence electrons. The first kappa shape index (κ1) is 13.5. The molecule has 1 saturated heterocycles. The van der Waals surface area contributed by atoms with Crippen molar-refractivity contribution in [2.24, 2.45) is 15.8 Å². The van der Waals surface area contributed by atoms with E-state index in [4.69, 9.17) is 10.3 Å². The lowest BCUT2D eigenvalue weighted by molar-refractivity contribution is 0.0762. The molecule has 0 bridgehead atoms. The van der Waals surface area contributed by atoms with Crippen molar-refractivity contribution in [3.63, 3.8) is 0 Å². The van der Waals surface area contributed by atoms with Gasteiger partial charge in [0, 0.05) is 13.6 Å². The number of hydrogen-bond donors (Lipinski definition) is 2. The summed E-state index contributed by atoms with van der Waals surface area (Å²) in [5.74, 6) is 7.29.